The Morgan fingerprint density at radius 1 is 0.300 bits per heavy atom. The van der Waals surface area contributed by atoms with Crippen LogP contribution in [0.3, 0.4) is 0 Å². The van der Waals surface area contributed by atoms with Crippen molar-refractivity contribution in [3.05, 3.63) is 206 Å². The largest absolute Gasteiger partial charge is 0.309 e. The second kappa shape index (κ2) is 13.7. The number of fused-ring (bicyclic) bond motifs is 7. The van der Waals surface area contributed by atoms with Crippen LogP contribution in [0, 0.1) is 0 Å². The Balaban J connectivity index is 1.04. The number of pyridine rings is 1. The molecule has 0 N–H and O–H groups in total. The summed E-state index contributed by atoms with van der Waals surface area (Å²) in [5.41, 5.74) is 12.7. The molecule has 0 atom stereocenters. The Labute approximate surface area is 345 Å². The summed E-state index contributed by atoms with van der Waals surface area (Å²) in [5, 5.41) is 4.70. The molecule has 60 heavy (non-hydrogen) atoms. The first-order valence-corrected chi connectivity index (χ1v) is 20.1. The Bertz CT molecular complexity index is 3480. The summed E-state index contributed by atoms with van der Waals surface area (Å²) in [6.45, 7) is 0. The Morgan fingerprint density at radius 2 is 0.850 bits per heavy atom. The fourth-order valence-corrected chi connectivity index (χ4v) is 8.72. The number of rotatable bonds is 6. The van der Waals surface area contributed by atoms with Crippen molar-refractivity contribution in [3.8, 4) is 68.1 Å². The van der Waals surface area contributed by atoms with Gasteiger partial charge < -0.3 is 4.57 Å². The quantitative estimate of drug-likeness (QED) is 0.169. The first kappa shape index (κ1) is 33.9. The van der Waals surface area contributed by atoms with E-state index in [9.17, 15) is 0 Å². The minimum absolute atomic E-state index is 0.605. The maximum Gasteiger partial charge on any atom is 0.164 e. The molecule has 0 saturated heterocycles. The molecule has 2 aliphatic heterocycles. The van der Waals surface area contributed by atoms with Crippen molar-refractivity contribution < 1.29 is 0 Å². The van der Waals surface area contributed by atoms with Gasteiger partial charge in [-0.05, 0) is 83.2 Å². The van der Waals surface area contributed by atoms with Crippen molar-refractivity contribution in [2.45, 2.75) is 0 Å². The minimum Gasteiger partial charge on any atom is -0.309 e. The molecule has 0 amide bonds. The van der Waals surface area contributed by atoms with E-state index >= 15 is 0 Å². The summed E-state index contributed by atoms with van der Waals surface area (Å²) >= 11 is 0. The van der Waals surface area contributed by atoms with Gasteiger partial charge >= 0.3 is 0 Å². The molecular weight excluding hydrogens is 733 g/mol. The zero-order valence-corrected chi connectivity index (χ0v) is 32.3. The van der Waals surface area contributed by atoms with Crippen LogP contribution in [-0.2, 0) is 0 Å². The topological polar surface area (TPSA) is 61.4 Å². The summed E-state index contributed by atoms with van der Waals surface area (Å²) in [4.78, 5) is 20.3. The van der Waals surface area contributed by atoms with Crippen LogP contribution in [0.25, 0.3) is 112 Å². The van der Waals surface area contributed by atoms with Crippen molar-refractivity contribution in [1.29, 1.82) is 0 Å². The van der Waals surface area contributed by atoms with E-state index in [1.165, 1.54) is 21.8 Å². The van der Waals surface area contributed by atoms with Gasteiger partial charge in [-0.15, -0.1) is 0 Å². The van der Waals surface area contributed by atoms with Crippen molar-refractivity contribution in [2.75, 3.05) is 0 Å². The molecule has 0 bridgehead atoms. The van der Waals surface area contributed by atoms with Gasteiger partial charge in [-0.3, -0.25) is 4.57 Å². The van der Waals surface area contributed by atoms with Crippen LogP contribution in [0.1, 0.15) is 0 Å². The molecule has 0 saturated carbocycles. The second-order valence-corrected chi connectivity index (χ2v) is 15.1. The molecule has 12 rings (SSSR count). The average molecular weight is 767 g/mol. The summed E-state index contributed by atoms with van der Waals surface area (Å²) in [6, 6.07) is 72.3. The molecule has 2 aliphatic rings. The Kier molecular flexibility index (Phi) is 7.74. The third-order valence-corrected chi connectivity index (χ3v) is 11.5. The molecule has 6 nitrogen and oxygen atoms in total. The van der Waals surface area contributed by atoms with Crippen LogP contribution in [0.4, 0.5) is 0 Å². The minimum atomic E-state index is 0.605. The third kappa shape index (κ3) is 5.57. The van der Waals surface area contributed by atoms with E-state index in [1.807, 2.05) is 60.7 Å². The normalized spacial score (nSPS) is 11.7. The molecule has 0 aliphatic carbocycles. The van der Waals surface area contributed by atoms with Crippen molar-refractivity contribution in [1.82, 2.24) is 29.1 Å². The van der Waals surface area contributed by atoms with Gasteiger partial charge in [-0.25, -0.2) is 19.9 Å². The van der Waals surface area contributed by atoms with E-state index in [4.69, 9.17) is 19.9 Å². The van der Waals surface area contributed by atoms with Gasteiger partial charge in [0.1, 0.15) is 5.82 Å². The van der Waals surface area contributed by atoms with E-state index in [0.29, 0.717) is 17.5 Å². The number of hydrogen-bond donors (Lipinski definition) is 0. The molecule has 0 spiro atoms. The molecule has 0 radical (unpaired) electrons. The number of benzene rings is 8. The lowest BCUT2D eigenvalue weighted by atomic mass is 9.99. The fourth-order valence-electron chi connectivity index (χ4n) is 8.72. The van der Waals surface area contributed by atoms with Crippen molar-refractivity contribution in [2.24, 2.45) is 0 Å². The van der Waals surface area contributed by atoms with Gasteiger partial charge in [0.25, 0.3) is 0 Å². The predicted octanol–water partition coefficient (Wildman–Crippen LogP) is 13.2. The number of hydrogen-bond acceptors (Lipinski definition) is 4. The standard InChI is InChI=1S/C54H34N6/c1-4-15-35(16-5-1)51-56-52(36-17-6-2-7-18-36)58-53(57-51)39-19-14-22-42(32-39)60-48-29-27-37(31-40(48)34-46-43-23-10-12-25-47(43)55-54(46)60)38-28-30-50-45(33-38)44-24-11-13-26-49(44)59(50)41-20-8-3-9-21-41/h1-34H. The van der Waals surface area contributed by atoms with Crippen LogP contribution in [0.15, 0.2) is 206 Å². The van der Waals surface area contributed by atoms with Crippen LogP contribution >= 0.6 is 0 Å². The lowest BCUT2D eigenvalue weighted by Gasteiger charge is -2.18. The van der Waals surface area contributed by atoms with E-state index in [-0.39, 0.29) is 0 Å². The maximum atomic E-state index is 5.24. The lowest BCUT2D eigenvalue weighted by Crippen LogP contribution is -2.04. The van der Waals surface area contributed by atoms with Gasteiger partial charge in [-0.2, -0.15) is 0 Å². The molecule has 10 aromatic rings. The predicted molar refractivity (Wildman–Crippen MR) is 245 cm³/mol. The molecule has 4 heterocycles. The SMILES string of the molecule is c1ccc(-c2nc(-c3ccccc3)nc(-c3cccc(-n4c5nc6ccccc6c-5cc5cc(-c6ccc7c(c6)c6ccccc6n7-c6ccccc6)ccc54)c3)n2)cc1. The van der Waals surface area contributed by atoms with E-state index in [0.717, 1.165) is 72.4 Å². The summed E-state index contributed by atoms with van der Waals surface area (Å²) < 4.78 is 4.64. The zero-order chi connectivity index (χ0) is 39.6. The van der Waals surface area contributed by atoms with Crippen LogP contribution in [-0.4, -0.2) is 29.1 Å². The molecular formula is C54H34N6. The number of aromatic nitrogens is 6. The maximum absolute atomic E-state index is 5.24. The first-order valence-electron chi connectivity index (χ1n) is 20.1. The second-order valence-electron chi connectivity index (χ2n) is 15.1. The third-order valence-electron chi connectivity index (χ3n) is 11.5. The molecule has 2 aromatic heterocycles. The number of para-hydroxylation sites is 3. The monoisotopic (exact) mass is 766 g/mol. The van der Waals surface area contributed by atoms with Gasteiger partial charge in [0, 0.05) is 49.8 Å². The van der Waals surface area contributed by atoms with E-state index in [1.54, 1.807) is 0 Å². The summed E-state index contributed by atoms with van der Waals surface area (Å²) in [5.74, 6) is 2.76. The average Bonchev–Trinajstić information content (AvgIpc) is 3.86. The van der Waals surface area contributed by atoms with Crippen molar-refractivity contribution in [3.63, 3.8) is 0 Å². The van der Waals surface area contributed by atoms with Crippen LogP contribution in [0.5, 0.6) is 0 Å². The highest BCUT2D eigenvalue weighted by molar-refractivity contribution is 6.11. The zero-order valence-electron chi connectivity index (χ0n) is 32.3. The Morgan fingerprint density at radius 3 is 1.58 bits per heavy atom. The van der Waals surface area contributed by atoms with E-state index < -0.39 is 0 Å². The highest BCUT2D eigenvalue weighted by Gasteiger charge is 2.21. The van der Waals surface area contributed by atoms with Gasteiger partial charge in [-0.1, -0.05) is 140 Å². The lowest BCUT2D eigenvalue weighted by molar-refractivity contribution is 1.06. The van der Waals surface area contributed by atoms with E-state index in [2.05, 4.69) is 155 Å². The Hall–Kier alpha value is -8.22. The van der Waals surface area contributed by atoms with Gasteiger partial charge in [0.05, 0.1) is 22.1 Å². The molecule has 6 heteroatoms. The summed E-state index contributed by atoms with van der Waals surface area (Å²) in [7, 11) is 0. The number of nitrogens with zero attached hydrogens (tertiary/aromatic N) is 6. The fraction of sp³-hybridized carbons (Fsp3) is 0. The first-order chi connectivity index (χ1) is 29.7. The smallest absolute Gasteiger partial charge is 0.164 e. The highest BCUT2D eigenvalue weighted by atomic mass is 15.1. The van der Waals surface area contributed by atoms with Crippen LogP contribution < -0.4 is 0 Å². The van der Waals surface area contributed by atoms with Crippen molar-refractivity contribution >= 4 is 43.6 Å². The van der Waals surface area contributed by atoms with Gasteiger partial charge in [0.2, 0.25) is 0 Å². The molecule has 0 unspecified atom stereocenters. The van der Waals surface area contributed by atoms with Crippen LogP contribution in [0.2, 0.25) is 0 Å². The summed E-state index contributed by atoms with van der Waals surface area (Å²) in [6.07, 6.45) is 0. The molecule has 8 aromatic carbocycles. The highest BCUT2D eigenvalue weighted by Crippen LogP contribution is 2.40. The molecule has 280 valence electrons. The van der Waals surface area contributed by atoms with Gasteiger partial charge in [0.15, 0.2) is 17.5 Å². The molecule has 0 fully saturated rings.